The van der Waals surface area contributed by atoms with Crippen molar-refractivity contribution in [3.8, 4) is 0 Å². The van der Waals surface area contributed by atoms with Crippen molar-refractivity contribution in [2.24, 2.45) is 4.99 Å². The number of rotatable bonds is 2. The Balaban J connectivity index is 3.30. The van der Waals surface area contributed by atoms with Gasteiger partial charge in [0.25, 0.3) is 0 Å². The molecule has 0 bridgehead atoms. The van der Waals surface area contributed by atoms with Gasteiger partial charge in [0.2, 0.25) is 0 Å². The van der Waals surface area contributed by atoms with Crippen LogP contribution in [0, 0.1) is 6.92 Å². The van der Waals surface area contributed by atoms with Crippen molar-refractivity contribution < 1.29 is 0 Å². The highest BCUT2D eigenvalue weighted by Crippen LogP contribution is 2.28. The molecule has 0 saturated heterocycles. The van der Waals surface area contributed by atoms with E-state index in [1.54, 1.807) is 0 Å². The number of aryl methyl sites for hydroxylation is 1. The molecule has 62 valence electrons. The zero-order valence-electron chi connectivity index (χ0n) is 6.97. The normalized spacial score (nSPS) is 9.50. The van der Waals surface area contributed by atoms with Gasteiger partial charge >= 0.3 is 0 Å². The second-order valence-corrected chi connectivity index (χ2v) is 3.04. The number of benzene rings is 1. The van der Waals surface area contributed by atoms with Crippen molar-refractivity contribution in [2.45, 2.75) is 6.92 Å². The quantitative estimate of drug-likeness (QED) is 0.616. The molecule has 0 unspecified atom stereocenters. The molecule has 0 N–H and O–H groups in total. The Bertz CT molecular complexity index is 329. The van der Waals surface area contributed by atoms with Crippen molar-refractivity contribution >= 4 is 29.0 Å². The van der Waals surface area contributed by atoms with E-state index >= 15 is 0 Å². The molecule has 0 aliphatic heterocycles. The molecule has 0 aromatic heterocycles. The third-order valence-electron chi connectivity index (χ3n) is 1.61. The fourth-order valence-electron chi connectivity index (χ4n) is 1.01. The van der Waals surface area contributed by atoms with Crippen LogP contribution < -0.4 is 0 Å². The number of hydrogen-bond acceptors (Lipinski definition) is 1. The number of hydrogen-bond donors (Lipinski definition) is 0. The van der Waals surface area contributed by atoms with Gasteiger partial charge in [-0.05, 0) is 25.8 Å². The fourth-order valence-corrected chi connectivity index (χ4v) is 1.16. The molecule has 0 amide bonds. The highest BCUT2D eigenvalue weighted by atomic mass is 35.5. The third kappa shape index (κ3) is 1.74. The van der Waals surface area contributed by atoms with Gasteiger partial charge in [-0.15, -0.1) is 0 Å². The maximum atomic E-state index is 5.78. The van der Waals surface area contributed by atoms with Crippen LogP contribution in [0.1, 0.15) is 11.1 Å². The van der Waals surface area contributed by atoms with E-state index in [0.717, 1.165) is 16.8 Å². The smallest absolute Gasteiger partial charge is 0.0709 e. The molecule has 1 rings (SSSR count). The molecular formula is C10H10ClN. The minimum Gasteiger partial charge on any atom is -0.264 e. The zero-order valence-corrected chi connectivity index (χ0v) is 7.73. The van der Waals surface area contributed by atoms with Crippen LogP contribution in [0.2, 0.25) is 0 Å². The van der Waals surface area contributed by atoms with Crippen LogP contribution in [-0.2, 0) is 0 Å². The first kappa shape index (κ1) is 9.01. The van der Waals surface area contributed by atoms with Crippen LogP contribution in [0.3, 0.4) is 0 Å². The van der Waals surface area contributed by atoms with E-state index in [1.807, 2.05) is 25.1 Å². The first-order valence-corrected chi connectivity index (χ1v) is 3.95. The van der Waals surface area contributed by atoms with Crippen molar-refractivity contribution in [1.29, 1.82) is 0 Å². The summed E-state index contributed by atoms with van der Waals surface area (Å²) in [5.74, 6) is 0. The van der Waals surface area contributed by atoms with E-state index in [4.69, 9.17) is 11.6 Å². The van der Waals surface area contributed by atoms with Gasteiger partial charge in [-0.25, -0.2) is 0 Å². The van der Waals surface area contributed by atoms with Crippen molar-refractivity contribution in [1.82, 2.24) is 0 Å². The molecule has 0 heterocycles. The lowest BCUT2D eigenvalue weighted by atomic mass is 10.1. The minimum absolute atomic E-state index is 0.501. The van der Waals surface area contributed by atoms with E-state index in [-0.39, 0.29) is 0 Å². The highest BCUT2D eigenvalue weighted by molar-refractivity contribution is 6.48. The number of nitrogens with zero attached hydrogens (tertiary/aromatic N) is 1. The summed E-state index contributed by atoms with van der Waals surface area (Å²) >= 11 is 5.78. The Morgan fingerprint density at radius 1 is 1.50 bits per heavy atom. The summed E-state index contributed by atoms with van der Waals surface area (Å²) in [5, 5.41) is 0.501. The van der Waals surface area contributed by atoms with E-state index in [9.17, 15) is 0 Å². The number of aliphatic imine (C=N–C) groups is 1. The van der Waals surface area contributed by atoms with Gasteiger partial charge in [-0.2, -0.15) is 0 Å². The lowest BCUT2D eigenvalue weighted by Crippen LogP contribution is -1.79. The van der Waals surface area contributed by atoms with Gasteiger partial charge < -0.3 is 0 Å². The number of halogens is 1. The van der Waals surface area contributed by atoms with Gasteiger partial charge in [-0.1, -0.05) is 29.8 Å². The predicted octanol–water partition coefficient (Wildman–Crippen LogP) is 3.54. The first-order valence-electron chi connectivity index (χ1n) is 3.57. The molecule has 1 aromatic carbocycles. The summed E-state index contributed by atoms with van der Waals surface area (Å²) in [6.45, 7) is 9.10. The van der Waals surface area contributed by atoms with Gasteiger partial charge in [0.05, 0.1) is 5.69 Å². The topological polar surface area (TPSA) is 12.4 Å². The minimum atomic E-state index is 0.501. The average Bonchev–Trinajstić information content (AvgIpc) is 2.04. The van der Waals surface area contributed by atoms with E-state index in [1.165, 1.54) is 0 Å². The fraction of sp³-hybridized carbons (Fsp3) is 0.100. The summed E-state index contributed by atoms with van der Waals surface area (Å²) in [7, 11) is 0. The summed E-state index contributed by atoms with van der Waals surface area (Å²) in [6.07, 6.45) is 0. The van der Waals surface area contributed by atoms with Crippen molar-refractivity contribution in [2.75, 3.05) is 0 Å². The molecule has 2 heteroatoms. The maximum absolute atomic E-state index is 5.78. The first-order chi connectivity index (χ1) is 5.65. The van der Waals surface area contributed by atoms with Crippen LogP contribution in [0.5, 0.6) is 0 Å². The molecular weight excluding hydrogens is 170 g/mol. The zero-order chi connectivity index (χ0) is 9.14. The monoisotopic (exact) mass is 179 g/mol. The molecule has 0 aliphatic rings. The average molecular weight is 180 g/mol. The Kier molecular flexibility index (Phi) is 2.66. The summed E-state index contributed by atoms with van der Waals surface area (Å²) in [4.78, 5) is 3.84. The van der Waals surface area contributed by atoms with Crippen LogP contribution in [0.15, 0.2) is 29.8 Å². The molecule has 0 fully saturated rings. The van der Waals surface area contributed by atoms with E-state index in [0.29, 0.717) is 5.03 Å². The molecule has 1 aromatic rings. The van der Waals surface area contributed by atoms with Crippen molar-refractivity contribution in [3.05, 3.63) is 35.9 Å². The Morgan fingerprint density at radius 2 is 2.17 bits per heavy atom. The van der Waals surface area contributed by atoms with E-state index in [2.05, 4.69) is 18.3 Å². The van der Waals surface area contributed by atoms with Crippen LogP contribution in [0.25, 0.3) is 5.03 Å². The summed E-state index contributed by atoms with van der Waals surface area (Å²) in [6, 6.07) is 5.79. The predicted molar refractivity (Wildman–Crippen MR) is 55.3 cm³/mol. The van der Waals surface area contributed by atoms with Crippen LogP contribution >= 0.6 is 11.6 Å². The summed E-state index contributed by atoms with van der Waals surface area (Å²) in [5.41, 5.74) is 2.77. The Morgan fingerprint density at radius 3 is 2.67 bits per heavy atom. The van der Waals surface area contributed by atoms with Gasteiger partial charge in [0.1, 0.15) is 0 Å². The van der Waals surface area contributed by atoms with Gasteiger partial charge in [-0.3, -0.25) is 4.99 Å². The van der Waals surface area contributed by atoms with E-state index < -0.39 is 0 Å². The Hall–Kier alpha value is -1.08. The van der Waals surface area contributed by atoms with Crippen LogP contribution in [0.4, 0.5) is 5.69 Å². The Labute approximate surface area is 77.4 Å². The molecule has 0 spiro atoms. The molecule has 0 atom stereocenters. The summed E-state index contributed by atoms with van der Waals surface area (Å²) < 4.78 is 0. The molecule has 0 radical (unpaired) electrons. The largest absolute Gasteiger partial charge is 0.264 e. The SMILES string of the molecule is C=Nc1ccc(C)cc1C(=C)Cl. The van der Waals surface area contributed by atoms with Crippen molar-refractivity contribution in [3.63, 3.8) is 0 Å². The lowest BCUT2D eigenvalue weighted by molar-refractivity contribution is 1.42. The molecule has 0 aliphatic carbocycles. The second-order valence-electron chi connectivity index (χ2n) is 2.58. The highest BCUT2D eigenvalue weighted by Gasteiger charge is 2.01. The third-order valence-corrected chi connectivity index (χ3v) is 1.82. The van der Waals surface area contributed by atoms with Gasteiger partial charge in [0.15, 0.2) is 0 Å². The lowest BCUT2D eigenvalue weighted by Gasteiger charge is -2.03. The molecule has 12 heavy (non-hydrogen) atoms. The maximum Gasteiger partial charge on any atom is 0.0709 e. The molecule has 0 saturated carbocycles. The second kappa shape index (κ2) is 3.55. The van der Waals surface area contributed by atoms with Crippen LogP contribution in [-0.4, -0.2) is 6.72 Å². The standard InChI is InChI=1S/C10H10ClN/c1-7-4-5-10(12-3)9(6-7)8(2)11/h4-6H,2-3H2,1H3. The van der Waals surface area contributed by atoms with Gasteiger partial charge in [0, 0.05) is 10.6 Å². The molecule has 1 nitrogen and oxygen atoms in total.